The van der Waals surface area contributed by atoms with E-state index in [-0.39, 0.29) is 6.04 Å². The predicted molar refractivity (Wildman–Crippen MR) is 62.3 cm³/mol. The van der Waals surface area contributed by atoms with Gasteiger partial charge in [-0.1, -0.05) is 24.3 Å². The highest BCUT2D eigenvalue weighted by molar-refractivity contribution is 5.31. The van der Waals surface area contributed by atoms with Gasteiger partial charge in [-0.25, -0.2) is 0 Å². The summed E-state index contributed by atoms with van der Waals surface area (Å²) in [5, 5.41) is 0. The molecule has 0 spiro atoms. The molecule has 0 unspecified atom stereocenters. The molecule has 0 fully saturated rings. The lowest BCUT2D eigenvalue weighted by Gasteiger charge is -2.12. The molecule has 2 N–H and O–H groups in total. The summed E-state index contributed by atoms with van der Waals surface area (Å²) in [5.41, 5.74) is 9.92. The average molecular weight is 189 g/mol. The molecule has 14 heavy (non-hydrogen) atoms. The lowest BCUT2D eigenvalue weighted by atomic mass is 9.99. The van der Waals surface area contributed by atoms with Crippen LogP contribution in [0.1, 0.15) is 35.6 Å². The van der Waals surface area contributed by atoms with Crippen molar-refractivity contribution in [3.63, 3.8) is 0 Å². The van der Waals surface area contributed by atoms with E-state index in [4.69, 9.17) is 5.73 Å². The van der Waals surface area contributed by atoms with Gasteiger partial charge in [-0.15, -0.1) is 6.58 Å². The fourth-order valence-electron chi connectivity index (χ4n) is 1.46. The van der Waals surface area contributed by atoms with Gasteiger partial charge >= 0.3 is 0 Å². The van der Waals surface area contributed by atoms with Gasteiger partial charge in [0.25, 0.3) is 0 Å². The Morgan fingerprint density at radius 2 is 2.07 bits per heavy atom. The number of hydrogen-bond donors (Lipinski definition) is 1. The number of allylic oxidation sites excluding steroid dienone is 1. The summed E-state index contributed by atoms with van der Waals surface area (Å²) in [5.74, 6) is 0. The highest BCUT2D eigenvalue weighted by Crippen LogP contribution is 2.18. The fraction of sp³-hybridized carbons (Fsp3) is 0.385. The van der Waals surface area contributed by atoms with Crippen LogP contribution < -0.4 is 5.73 Å². The molecule has 1 atom stereocenters. The molecule has 0 bridgehead atoms. The van der Waals surface area contributed by atoms with Crippen LogP contribution in [0.4, 0.5) is 0 Å². The Kier molecular flexibility index (Phi) is 3.90. The second-order valence-electron chi connectivity index (χ2n) is 3.82. The fourth-order valence-corrected chi connectivity index (χ4v) is 1.46. The highest BCUT2D eigenvalue weighted by atomic mass is 14.6. The third-order valence-corrected chi connectivity index (χ3v) is 2.64. The predicted octanol–water partition coefficient (Wildman–Crippen LogP) is 3.27. The zero-order valence-corrected chi connectivity index (χ0v) is 9.09. The van der Waals surface area contributed by atoms with Gasteiger partial charge in [0.2, 0.25) is 0 Å². The van der Waals surface area contributed by atoms with E-state index in [0.29, 0.717) is 0 Å². The zero-order chi connectivity index (χ0) is 10.6. The topological polar surface area (TPSA) is 26.0 Å². The lowest BCUT2D eigenvalue weighted by molar-refractivity contribution is 0.661. The first-order chi connectivity index (χ1) is 6.65. The van der Waals surface area contributed by atoms with Crippen LogP contribution in [0, 0.1) is 13.8 Å². The van der Waals surface area contributed by atoms with Crippen molar-refractivity contribution in [3.8, 4) is 0 Å². The van der Waals surface area contributed by atoms with Gasteiger partial charge in [0.05, 0.1) is 0 Å². The smallest absolute Gasteiger partial charge is 0.0297 e. The van der Waals surface area contributed by atoms with E-state index in [0.717, 1.165) is 12.8 Å². The number of aryl methyl sites for hydroxylation is 2. The van der Waals surface area contributed by atoms with Crippen molar-refractivity contribution in [2.45, 2.75) is 32.7 Å². The summed E-state index contributed by atoms with van der Waals surface area (Å²) < 4.78 is 0. The van der Waals surface area contributed by atoms with E-state index in [1.54, 1.807) is 0 Å². The SMILES string of the molecule is C=CCC[C@@H](N)c1ccc(C)c(C)c1. The molecule has 0 radical (unpaired) electrons. The molecule has 76 valence electrons. The van der Waals surface area contributed by atoms with Gasteiger partial charge in [0.15, 0.2) is 0 Å². The van der Waals surface area contributed by atoms with Crippen LogP contribution in [0.3, 0.4) is 0 Å². The monoisotopic (exact) mass is 189 g/mol. The van der Waals surface area contributed by atoms with Crippen molar-refractivity contribution < 1.29 is 0 Å². The third kappa shape index (κ3) is 2.71. The number of rotatable bonds is 4. The standard InChI is InChI=1S/C13H19N/c1-4-5-6-13(14)12-8-7-10(2)11(3)9-12/h4,7-9,13H,1,5-6,14H2,2-3H3/t13-/m1/s1. The summed E-state index contributed by atoms with van der Waals surface area (Å²) in [6.07, 6.45) is 3.88. The van der Waals surface area contributed by atoms with Crippen molar-refractivity contribution in [2.24, 2.45) is 5.73 Å². The normalized spacial score (nSPS) is 12.5. The van der Waals surface area contributed by atoms with Crippen molar-refractivity contribution in [1.82, 2.24) is 0 Å². The average Bonchev–Trinajstić information content (AvgIpc) is 2.18. The van der Waals surface area contributed by atoms with Crippen LogP contribution in [0.25, 0.3) is 0 Å². The molecule has 0 amide bonds. The molecule has 1 heteroatoms. The maximum absolute atomic E-state index is 6.05. The van der Waals surface area contributed by atoms with Gasteiger partial charge in [0, 0.05) is 6.04 Å². The van der Waals surface area contributed by atoms with Crippen molar-refractivity contribution in [2.75, 3.05) is 0 Å². The van der Waals surface area contributed by atoms with Gasteiger partial charge in [-0.2, -0.15) is 0 Å². The van der Waals surface area contributed by atoms with E-state index in [9.17, 15) is 0 Å². The summed E-state index contributed by atoms with van der Waals surface area (Å²) in [7, 11) is 0. The first-order valence-electron chi connectivity index (χ1n) is 5.08. The molecular weight excluding hydrogens is 170 g/mol. The Hall–Kier alpha value is -1.08. The van der Waals surface area contributed by atoms with Crippen molar-refractivity contribution in [1.29, 1.82) is 0 Å². The number of hydrogen-bond acceptors (Lipinski definition) is 1. The summed E-state index contributed by atoms with van der Waals surface area (Å²) >= 11 is 0. The van der Waals surface area contributed by atoms with Crippen LogP contribution >= 0.6 is 0 Å². The number of benzene rings is 1. The molecule has 0 saturated carbocycles. The van der Waals surface area contributed by atoms with Crippen LogP contribution in [0.15, 0.2) is 30.9 Å². The van der Waals surface area contributed by atoms with Crippen molar-refractivity contribution in [3.05, 3.63) is 47.5 Å². The highest BCUT2D eigenvalue weighted by Gasteiger charge is 2.05. The van der Waals surface area contributed by atoms with E-state index in [1.165, 1.54) is 16.7 Å². The summed E-state index contributed by atoms with van der Waals surface area (Å²) in [6, 6.07) is 6.59. The Bertz CT molecular complexity index is 315. The minimum Gasteiger partial charge on any atom is -0.324 e. The van der Waals surface area contributed by atoms with E-state index < -0.39 is 0 Å². The molecule has 1 nitrogen and oxygen atoms in total. The Morgan fingerprint density at radius 1 is 1.36 bits per heavy atom. The quantitative estimate of drug-likeness (QED) is 0.723. The second kappa shape index (κ2) is 4.97. The Labute approximate surface area is 86.6 Å². The van der Waals surface area contributed by atoms with Gasteiger partial charge < -0.3 is 5.73 Å². The van der Waals surface area contributed by atoms with Crippen LogP contribution in [0.2, 0.25) is 0 Å². The van der Waals surface area contributed by atoms with Crippen LogP contribution in [-0.4, -0.2) is 0 Å². The van der Waals surface area contributed by atoms with Crippen LogP contribution in [-0.2, 0) is 0 Å². The first kappa shape index (κ1) is 11.0. The maximum atomic E-state index is 6.05. The maximum Gasteiger partial charge on any atom is 0.0297 e. The minimum absolute atomic E-state index is 0.146. The largest absolute Gasteiger partial charge is 0.324 e. The van der Waals surface area contributed by atoms with Gasteiger partial charge in [-0.05, 0) is 43.4 Å². The molecule has 0 aliphatic rings. The molecular formula is C13H19N. The molecule has 1 aromatic carbocycles. The molecule has 0 aliphatic heterocycles. The third-order valence-electron chi connectivity index (χ3n) is 2.64. The van der Waals surface area contributed by atoms with Crippen molar-refractivity contribution >= 4 is 0 Å². The van der Waals surface area contributed by atoms with Gasteiger partial charge in [0.1, 0.15) is 0 Å². The molecule has 0 aliphatic carbocycles. The zero-order valence-electron chi connectivity index (χ0n) is 9.09. The number of nitrogens with two attached hydrogens (primary N) is 1. The molecule has 1 aromatic rings. The Morgan fingerprint density at radius 3 is 2.64 bits per heavy atom. The van der Waals surface area contributed by atoms with Gasteiger partial charge in [-0.3, -0.25) is 0 Å². The summed E-state index contributed by atoms with van der Waals surface area (Å²) in [4.78, 5) is 0. The van der Waals surface area contributed by atoms with E-state index in [2.05, 4.69) is 38.6 Å². The molecule has 0 aromatic heterocycles. The minimum atomic E-state index is 0.146. The second-order valence-corrected chi connectivity index (χ2v) is 3.82. The van der Waals surface area contributed by atoms with Crippen LogP contribution in [0.5, 0.6) is 0 Å². The summed E-state index contributed by atoms with van der Waals surface area (Å²) in [6.45, 7) is 7.95. The lowest BCUT2D eigenvalue weighted by Crippen LogP contribution is -2.10. The van der Waals surface area contributed by atoms with E-state index in [1.807, 2.05) is 6.08 Å². The molecule has 1 rings (SSSR count). The Balaban J connectivity index is 2.75. The molecule has 0 heterocycles. The molecule has 0 saturated heterocycles. The van der Waals surface area contributed by atoms with E-state index >= 15 is 0 Å². The first-order valence-corrected chi connectivity index (χ1v) is 5.08.